The van der Waals surface area contributed by atoms with E-state index in [0.717, 1.165) is 27.8 Å². The first kappa shape index (κ1) is 13.1. The van der Waals surface area contributed by atoms with Crippen LogP contribution in [0.4, 0.5) is 0 Å². The molecular formula is C16H15NO2S. The number of Topliss-reactive ketones (excluding diaryl/α,β-unsaturated/α-hetero) is 1. The lowest BCUT2D eigenvalue weighted by Crippen LogP contribution is -2.32. The number of hydrogen-bond acceptors (Lipinski definition) is 3. The molecule has 0 spiro atoms. The first-order valence-corrected chi connectivity index (χ1v) is 7.49. The van der Waals surface area contributed by atoms with Crippen LogP contribution in [0, 0.1) is 0 Å². The monoisotopic (exact) mass is 285 g/mol. The summed E-state index contributed by atoms with van der Waals surface area (Å²) in [6.07, 6.45) is 1.54. The Morgan fingerprint density at radius 2 is 2.00 bits per heavy atom. The van der Waals surface area contributed by atoms with Crippen LogP contribution in [0.5, 0.6) is 0 Å². The van der Waals surface area contributed by atoms with Gasteiger partial charge in [-0.3, -0.25) is 14.2 Å². The van der Waals surface area contributed by atoms with Gasteiger partial charge in [-0.25, -0.2) is 0 Å². The van der Waals surface area contributed by atoms with Crippen LogP contribution in [0.3, 0.4) is 0 Å². The van der Waals surface area contributed by atoms with Gasteiger partial charge in [0.1, 0.15) is 4.66 Å². The number of hydrogen-bond donors (Lipinski definition) is 0. The van der Waals surface area contributed by atoms with Crippen LogP contribution in [0.1, 0.15) is 29.3 Å². The van der Waals surface area contributed by atoms with E-state index in [4.69, 9.17) is 0 Å². The van der Waals surface area contributed by atoms with Crippen LogP contribution in [0.2, 0.25) is 0 Å². The minimum atomic E-state index is -0.0772. The van der Waals surface area contributed by atoms with Gasteiger partial charge in [0.25, 0.3) is 5.56 Å². The second kappa shape index (κ2) is 4.87. The number of aromatic nitrogens is 1. The lowest BCUT2D eigenvalue weighted by Gasteiger charge is -2.16. The Kier molecular flexibility index (Phi) is 3.18. The van der Waals surface area contributed by atoms with Gasteiger partial charge in [0, 0.05) is 17.7 Å². The normalized spacial score (nSPS) is 17.1. The third-order valence-electron chi connectivity index (χ3n) is 3.70. The number of carbonyl (C=O) groups is 1. The molecule has 3 nitrogen and oxygen atoms in total. The van der Waals surface area contributed by atoms with E-state index in [2.05, 4.69) is 6.58 Å². The Bertz CT molecular complexity index is 857. The maximum Gasteiger partial charge on any atom is 0.268 e. The van der Waals surface area contributed by atoms with Gasteiger partial charge >= 0.3 is 0 Å². The molecule has 102 valence electrons. The van der Waals surface area contributed by atoms with Crippen molar-refractivity contribution in [2.24, 2.45) is 0 Å². The van der Waals surface area contributed by atoms with Gasteiger partial charge < -0.3 is 0 Å². The van der Waals surface area contributed by atoms with Crippen LogP contribution in [0.25, 0.3) is 12.2 Å². The fourth-order valence-corrected chi connectivity index (χ4v) is 3.74. The van der Waals surface area contributed by atoms with E-state index in [1.54, 1.807) is 4.57 Å². The van der Waals surface area contributed by atoms with E-state index in [-0.39, 0.29) is 11.3 Å². The van der Waals surface area contributed by atoms with Gasteiger partial charge in [-0.2, -0.15) is 0 Å². The molecule has 0 bridgehead atoms. The van der Waals surface area contributed by atoms with Crippen molar-refractivity contribution < 1.29 is 4.79 Å². The number of nitrogens with zero attached hydrogens (tertiary/aromatic N) is 1. The molecule has 1 heterocycles. The maximum absolute atomic E-state index is 12.6. The van der Waals surface area contributed by atoms with Crippen molar-refractivity contribution in [3.05, 3.63) is 54.9 Å². The lowest BCUT2D eigenvalue weighted by molar-refractivity contribution is 0.104. The molecule has 20 heavy (non-hydrogen) atoms. The molecule has 0 unspecified atom stereocenters. The highest BCUT2D eigenvalue weighted by Gasteiger charge is 2.23. The summed E-state index contributed by atoms with van der Waals surface area (Å²) in [6.45, 7) is 6.26. The minimum absolute atomic E-state index is 0.0512. The molecule has 0 N–H and O–H groups in total. The van der Waals surface area contributed by atoms with Crippen LogP contribution in [0.15, 0.2) is 29.1 Å². The number of carbonyl (C=O) groups excluding carboxylic acids is 1. The Hall–Kier alpha value is -1.94. The van der Waals surface area contributed by atoms with Crippen LogP contribution < -0.4 is 14.8 Å². The highest BCUT2D eigenvalue weighted by molar-refractivity contribution is 7.07. The molecule has 1 aliphatic rings. The van der Waals surface area contributed by atoms with Gasteiger partial charge in [0.2, 0.25) is 0 Å². The van der Waals surface area contributed by atoms with E-state index in [9.17, 15) is 9.59 Å². The quantitative estimate of drug-likeness (QED) is 0.793. The zero-order valence-corrected chi connectivity index (χ0v) is 12.1. The molecule has 4 heteroatoms. The van der Waals surface area contributed by atoms with Gasteiger partial charge in [-0.05, 0) is 25.3 Å². The average Bonchev–Trinajstić information content (AvgIpc) is 2.75. The zero-order valence-electron chi connectivity index (χ0n) is 11.3. The average molecular weight is 285 g/mol. The van der Waals surface area contributed by atoms with Crippen LogP contribution >= 0.6 is 11.3 Å². The molecule has 0 atom stereocenters. The van der Waals surface area contributed by atoms with Crippen molar-refractivity contribution in [1.82, 2.24) is 4.57 Å². The summed E-state index contributed by atoms with van der Waals surface area (Å²) in [5, 5.41) is 0. The number of thiazole rings is 1. The topological polar surface area (TPSA) is 39.1 Å². The molecule has 0 radical (unpaired) electrons. The summed E-state index contributed by atoms with van der Waals surface area (Å²) in [6, 6.07) is 7.70. The van der Waals surface area contributed by atoms with Gasteiger partial charge in [-0.1, -0.05) is 30.8 Å². The van der Waals surface area contributed by atoms with Crippen molar-refractivity contribution in [2.75, 3.05) is 0 Å². The standard InChI is InChI=1S/C16H15NO2S/c1-3-17-15(19)10(2)20-16(17)13-9-8-11-6-4-5-7-12(11)14(13)18/h4-7H,2-3,8-9H2,1H3/b16-13+. The van der Waals surface area contributed by atoms with E-state index in [0.29, 0.717) is 17.5 Å². The van der Waals surface area contributed by atoms with Crippen LogP contribution in [-0.2, 0) is 13.0 Å². The molecule has 0 saturated carbocycles. The predicted octanol–water partition coefficient (Wildman–Crippen LogP) is 1.32. The largest absolute Gasteiger partial charge is 0.299 e. The third kappa shape index (κ3) is 1.88. The molecule has 1 aromatic heterocycles. The Balaban J connectivity index is 2.30. The molecular weight excluding hydrogens is 270 g/mol. The van der Waals surface area contributed by atoms with E-state index >= 15 is 0 Å². The number of ketones is 1. The third-order valence-corrected chi connectivity index (χ3v) is 4.78. The molecule has 0 fully saturated rings. The highest BCUT2D eigenvalue weighted by Crippen LogP contribution is 2.24. The zero-order chi connectivity index (χ0) is 14.3. The summed E-state index contributed by atoms with van der Waals surface area (Å²) >= 11 is 1.33. The van der Waals surface area contributed by atoms with Gasteiger partial charge in [0.05, 0.1) is 4.53 Å². The molecule has 0 aliphatic heterocycles. The fourth-order valence-electron chi connectivity index (χ4n) is 2.67. The number of aryl methyl sites for hydroxylation is 1. The summed E-state index contributed by atoms with van der Waals surface area (Å²) in [7, 11) is 0. The minimum Gasteiger partial charge on any atom is -0.299 e. The highest BCUT2D eigenvalue weighted by atomic mass is 32.1. The van der Waals surface area contributed by atoms with Gasteiger partial charge in [0.15, 0.2) is 5.78 Å². The Morgan fingerprint density at radius 1 is 1.25 bits per heavy atom. The summed E-state index contributed by atoms with van der Waals surface area (Å²) in [4.78, 5) is 24.6. The second-order valence-electron chi connectivity index (χ2n) is 4.84. The van der Waals surface area contributed by atoms with Crippen molar-refractivity contribution in [2.45, 2.75) is 26.3 Å². The first-order chi connectivity index (χ1) is 9.63. The number of benzene rings is 1. The number of fused-ring (bicyclic) bond motifs is 1. The maximum atomic E-state index is 12.6. The van der Waals surface area contributed by atoms with Crippen molar-refractivity contribution in [3.63, 3.8) is 0 Å². The molecule has 3 rings (SSSR count). The SMILES string of the molecule is C=c1s/c(=C2\CCc3ccccc3C2=O)n(CC)c1=O. The van der Waals surface area contributed by atoms with Crippen molar-refractivity contribution in [1.29, 1.82) is 0 Å². The summed E-state index contributed by atoms with van der Waals surface area (Å²) in [5.74, 6) is 0.0512. The molecule has 1 aromatic carbocycles. The Labute approximate surface area is 120 Å². The van der Waals surface area contributed by atoms with E-state index in [1.807, 2.05) is 31.2 Å². The summed E-state index contributed by atoms with van der Waals surface area (Å²) < 4.78 is 2.94. The van der Waals surface area contributed by atoms with Crippen molar-refractivity contribution >= 4 is 29.3 Å². The Morgan fingerprint density at radius 3 is 2.75 bits per heavy atom. The summed E-state index contributed by atoms with van der Waals surface area (Å²) in [5.41, 5.74) is 2.54. The second-order valence-corrected chi connectivity index (χ2v) is 5.93. The van der Waals surface area contributed by atoms with E-state index < -0.39 is 0 Å². The van der Waals surface area contributed by atoms with E-state index in [1.165, 1.54) is 11.3 Å². The molecule has 2 aromatic rings. The van der Waals surface area contributed by atoms with Crippen molar-refractivity contribution in [3.8, 4) is 0 Å². The number of rotatable bonds is 1. The fraction of sp³-hybridized carbons (Fsp3) is 0.250. The molecule has 1 aliphatic carbocycles. The first-order valence-electron chi connectivity index (χ1n) is 6.68. The molecule has 0 amide bonds. The smallest absolute Gasteiger partial charge is 0.268 e. The van der Waals surface area contributed by atoms with Crippen LogP contribution in [-0.4, -0.2) is 10.4 Å². The van der Waals surface area contributed by atoms with Gasteiger partial charge in [-0.15, -0.1) is 11.3 Å². The lowest BCUT2D eigenvalue weighted by atomic mass is 9.87. The molecule has 0 saturated heterocycles. The predicted molar refractivity (Wildman–Crippen MR) is 81.5 cm³/mol.